The molecule has 0 aliphatic rings. The van der Waals surface area contributed by atoms with Crippen LogP contribution in [0.4, 0.5) is 5.69 Å². The van der Waals surface area contributed by atoms with Crippen molar-refractivity contribution in [1.29, 1.82) is 0 Å². The lowest BCUT2D eigenvalue weighted by atomic mass is 10.1. The summed E-state index contributed by atoms with van der Waals surface area (Å²) < 4.78 is 7.07. The van der Waals surface area contributed by atoms with Crippen LogP contribution in [0.2, 0.25) is 5.02 Å². The quantitative estimate of drug-likeness (QED) is 0.606. The molecule has 0 aliphatic heterocycles. The van der Waals surface area contributed by atoms with Gasteiger partial charge in [-0.05, 0) is 43.7 Å². The average molecular weight is 396 g/mol. The Labute approximate surface area is 169 Å². The Kier molecular flexibility index (Phi) is 6.16. The molecule has 0 saturated heterocycles. The van der Waals surface area contributed by atoms with Crippen LogP contribution in [0.25, 0.3) is 6.08 Å². The number of nitrogens with one attached hydrogen (secondary N) is 1. The minimum absolute atomic E-state index is 0.217. The van der Waals surface area contributed by atoms with Crippen molar-refractivity contribution >= 4 is 29.3 Å². The van der Waals surface area contributed by atoms with Crippen molar-refractivity contribution in [3.05, 3.63) is 82.1 Å². The monoisotopic (exact) mass is 395 g/mol. The fraction of sp³-hybridized carbons (Fsp3) is 0.182. The van der Waals surface area contributed by atoms with E-state index in [1.807, 2.05) is 61.0 Å². The molecule has 144 valence electrons. The van der Waals surface area contributed by atoms with Crippen LogP contribution in [0.5, 0.6) is 5.75 Å². The molecule has 5 nitrogen and oxygen atoms in total. The lowest BCUT2D eigenvalue weighted by Crippen LogP contribution is -2.07. The fourth-order valence-electron chi connectivity index (χ4n) is 2.94. The second-order valence-electron chi connectivity index (χ2n) is 6.39. The highest BCUT2D eigenvalue weighted by Gasteiger charge is 2.11. The van der Waals surface area contributed by atoms with Gasteiger partial charge in [-0.1, -0.05) is 35.9 Å². The standard InChI is InChI=1S/C22H22ClN3O2/c1-15-20(11-12-22(27)24-18-8-6-9-19(13-18)28-3)16(2)26(25-15)14-17-7-4-5-10-21(17)23/h4-13H,14H2,1-3H3,(H,24,27)/b12-11+. The van der Waals surface area contributed by atoms with E-state index in [9.17, 15) is 4.79 Å². The molecule has 0 radical (unpaired) electrons. The molecular weight excluding hydrogens is 374 g/mol. The van der Waals surface area contributed by atoms with E-state index in [-0.39, 0.29) is 5.91 Å². The van der Waals surface area contributed by atoms with Gasteiger partial charge in [0.05, 0.1) is 19.3 Å². The summed E-state index contributed by atoms with van der Waals surface area (Å²) in [5.74, 6) is 0.472. The zero-order valence-electron chi connectivity index (χ0n) is 16.1. The van der Waals surface area contributed by atoms with Crippen LogP contribution in [0.15, 0.2) is 54.6 Å². The SMILES string of the molecule is COc1cccc(NC(=O)/C=C/c2c(C)nn(Cc3ccccc3Cl)c2C)c1. The van der Waals surface area contributed by atoms with Crippen molar-refractivity contribution in [2.75, 3.05) is 12.4 Å². The minimum Gasteiger partial charge on any atom is -0.497 e. The molecule has 1 heterocycles. The van der Waals surface area contributed by atoms with E-state index in [4.69, 9.17) is 16.3 Å². The normalized spacial score (nSPS) is 11.0. The van der Waals surface area contributed by atoms with Gasteiger partial charge in [0, 0.05) is 34.1 Å². The summed E-state index contributed by atoms with van der Waals surface area (Å²) in [5, 5.41) is 8.13. The molecule has 28 heavy (non-hydrogen) atoms. The van der Waals surface area contributed by atoms with Gasteiger partial charge >= 0.3 is 0 Å². The molecule has 0 spiro atoms. The van der Waals surface area contributed by atoms with E-state index in [2.05, 4.69) is 10.4 Å². The molecule has 1 amide bonds. The Bertz CT molecular complexity index is 1020. The maximum atomic E-state index is 12.3. The Morgan fingerprint density at radius 2 is 2.00 bits per heavy atom. The number of carbonyl (C=O) groups excluding carboxylic acids is 1. The van der Waals surface area contributed by atoms with E-state index in [1.54, 1.807) is 19.3 Å². The molecule has 1 aromatic heterocycles. The molecule has 1 N–H and O–H groups in total. The maximum absolute atomic E-state index is 12.3. The Morgan fingerprint density at radius 3 is 2.75 bits per heavy atom. The molecule has 6 heteroatoms. The fourth-order valence-corrected chi connectivity index (χ4v) is 3.13. The molecule has 0 unspecified atom stereocenters. The number of nitrogens with zero attached hydrogens (tertiary/aromatic N) is 2. The molecule has 0 fully saturated rings. The van der Waals surface area contributed by atoms with Gasteiger partial charge in [0.25, 0.3) is 0 Å². The minimum atomic E-state index is -0.217. The first-order valence-corrected chi connectivity index (χ1v) is 9.26. The predicted octanol–water partition coefficient (Wildman–Crippen LogP) is 4.86. The van der Waals surface area contributed by atoms with E-state index >= 15 is 0 Å². The van der Waals surface area contributed by atoms with Gasteiger partial charge in [-0.25, -0.2) is 0 Å². The predicted molar refractivity (Wildman–Crippen MR) is 113 cm³/mol. The number of aryl methyl sites for hydroxylation is 1. The number of benzene rings is 2. The lowest BCUT2D eigenvalue weighted by Gasteiger charge is -2.07. The van der Waals surface area contributed by atoms with Crippen LogP contribution < -0.4 is 10.1 Å². The second-order valence-corrected chi connectivity index (χ2v) is 6.80. The average Bonchev–Trinajstić information content (AvgIpc) is 2.95. The molecule has 0 saturated carbocycles. The Balaban J connectivity index is 1.74. The van der Waals surface area contributed by atoms with Gasteiger partial charge in [0.1, 0.15) is 5.75 Å². The number of carbonyl (C=O) groups is 1. The van der Waals surface area contributed by atoms with Gasteiger partial charge in [0.2, 0.25) is 5.91 Å². The first kappa shape index (κ1) is 19.7. The summed E-state index contributed by atoms with van der Waals surface area (Å²) in [4.78, 5) is 12.3. The van der Waals surface area contributed by atoms with Crippen LogP contribution in [0.1, 0.15) is 22.5 Å². The number of amides is 1. The van der Waals surface area contributed by atoms with Crippen molar-refractivity contribution in [3.63, 3.8) is 0 Å². The molecule has 3 aromatic rings. The van der Waals surface area contributed by atoms with Crippen molar-refractivity contribution in [2.24, 2.45) is 0 Å². The molecule has 0 atom stereocenters. The van der Waals surface area contributed by atoms with Crippen molar-refractivity contribution in [2.45, 2.75) is 20.4 Å². The van der Waals surface area contributed by atoms with E-state index in [1.165, 1.54) is 6.08 Å². The van der Waals surface area contributed by atoms with Gasteiger partial charge in [0.15, 0.2) is 0 Å². The first-order valence-electron chi connectivity index (χ1n) is 8.88. The molecule has 2 aromatic carbocycles. The first-order chi connectivity index (χ1) is 13.5. The zero-order chi connectivity index (χ0) is 20.1. The summed E-state index contributed by atoms with van der Waals surface area (Å²) in [6.07, 6.45) is 3.30. The molecule has 3 rings (SSSR count). The van der Waals surface area contributed by atoms with Crippen LogP contribution in [0.3, 0.4) is 0 Å². The number of aromatic nitrogens is 2. The van der Waals surface area contributed by atoms with Crippen LogP contribution in [-0.2, 0) is 11.3 Å². The summed E-state index contributed by atoms with van der Waals surface area (Å²) >= 11 is 6.26. The topological polar surface area (TPSA) is 56.1 Å². The van der Waals surface area contributed by atoms with Crippen LogP contribution in [-0.4, -0.2) is 22.8 Å². The van der Waals surface area contributed by atoms with Crippen LogP contribution in [0, 0.1) is 13.8 Å². The Hall–Kier alpha value is -3.05. The number of hydrogen-bond acceptors (Lipinski definition) is 3. The summed E-state index contributed by atoms with van der Waals surface area (Å²) in [7, 11) is 1.59. The van der Waals surface area contributed by atoms with Crippen molar-refractivity contribution < 1.29 is 9.53 Å². The van der Waals surface area contributed by atoms with Gasteiger partial charge in [-0.15, -0.1) is 0 Å². The highest BCUT2D eigenvalue weighted by molar-refractivity contribution is 6.31. The van der Waals surface area contributed by atoms with Gasteiger partial charge in [-0.3, -0.25) is 9.48 Å². The maximum Gasteiger partial charge on any atom is 0.248 e. The third-order valence-electron chi connectivity index (χ3n) is 4.45. The van der Waals surface area contributed by atoms with E-state index < -0.39 is 0 Å². The van der Waals surface area contributed by atoms with Crippen LogP contribution >= 0.6 is 11.6 Å². The molecule has 0 bridgehead atoms. The van der Waals surface area contributed by atoms with Crippen molar-refractivity contribution in [1.82, 2.24) is 9.78 Å². The number of ether oxygens (including phenoxy) is 1. The smallest absolute Gasteiger partial charge is 0.248 e. The molecule has 0 aliphatic carbocycles. The van der Waals surface area contributed by atoms with Gasteiger partial charge < -0.3 is 10.1 Å². The number of halogens is 1. The third-order valence-corrected chi connectivity index (χ3v) is 4.82. The second kappa shape index (κ2) is 8.76. The summed E-state index contributed by atoms with van der Waals surface area (Å²) in [6, 6.07) is 14.9. The van der Waals surface area contributed by atoms with E-state index in [0.717, 1.165) is 22.5 Å². The Morgan fingerprint density at radius 1 is 1.21 bits per heavy atom. The summed E-state index contributed by atoms with van der Waals surface area (Å²) in [5.41, 5.74) is 4.43. The number of anilines is 1. The highest BCUT2D eigenvalue weighted by atomic mass is 35.5. The summed E-state index contributed by atoms with van der Waals surface area (Å²) in [6.45, 7) is 4.49. The lowest BCUT2D eigenvalue weighted by molar-refractivity contribution is -0.111. The molecular formula is C22H22ClN3O2. The number of rotatable bonds is 6. The number of hydrogen-bond donors (Lipinski definition) is 1. The van der Waals surface area contributed by atoms with E-state index in [0.29, 0.717) is 23.0 Å². The third kappa shape index (κ3) is 4.61. The highest BCUT2D eigenvalue weighted by Crippen LogP contribution is 2.21. The largest absolute Gasteiger partial charge is 0.497 e. The van der Waals surface area contributed by atoms with Crippen molar-refractivity contribution in [3.8, 4) is 5.75 Å². The number of methoxy groups -OCH3 is 1. The zero-order valence-corrected chi connectivity index (χ0v) is 16.8. The van der Waals surface area contributed by atoms with Gasteiger partial charge in [-0.2, -0.15) is 5.10 Å².